The Kier molecular flexibility index (Phi) is 4.64. The Bertz CT molecular complexity index is 587. The number of carbonyl (C=O) groups excluding carboxylic acids is 2. The quantitative estimate of drug-likeness (QED) is 0.857. The molecule has 0 saturated carbocycles. The van der Waals surface area contributed by atoms with E-state index in [1.54, 1.807) is 24.1 Å². The van der Waals surface area contributed by atoms with E-state index in [4.69, 9.17) is 0 Å². The standard InChI is InChI=1S/C18H23FN2O2/c1-20-10-8-14(12-17(20)22)18(23)21-9-2-3-16(21)11-13-4-6-15(19)7-5-13/h4-7,14,16H,2-3,8-12H2,1H3/t14-,16+/m1/s1. The lowest BCUT2D eigenvalue weighted by atomic mass is 9.94. The number of benzene rings is 1. The van der Waals surface area contributed by atoms with Crippen molar-refractivity contribution < 1.29 is 14.0 Å². The van der Waals surface area contributed by atoms with Crippen LogP contribution < -0.4 is 0 Å². The molecule has 2 atom stereocenters. The van der Waals surface area contributed by atoms with Gasteiger partial charge >= 0.3 is 0 Å². The van der Waals surface area contributed by atoms with Crippen LogP contribution in [0.4, 0.5) is 4.39 Å². The van der Waals surface area contributed by atoms with Crippen LogP contribution in [0, 0.1) is 11.7 Å². The largest absolute Gasteiger partial charge is 0.346 e. The minimum absolute atomic E-state index is 0.0591. The van der Waals surface area contributed by atoms with Crippen molar-refractivity contribution in [2.45, 2.75) is 38.1 Å². The van der Waals surface area contributed by atoms with Gasteiger partial charge in [0.05, 0.1) is 0 Å². The molecule has 2 amide bonds. The zero-order valence-corrected chi connectivity index (χ0v) is 13.5. The lowest BCUT2D eigenvalue weighted by molar-refractivity contribution is -0.144. The van der Waals surface area contributed by atoms with E-state index in [1.165, 1.54) is 12.1 Å². The number of amides is 2. The molecular weight excluding hydrogens is 295 g/mol. The van der Waals surface area contributed by atoms with Crippen LogP contribution in [0.25, 0.3) is 0 Å². The van der Waals surface area contributed by atoms with Gasteiger partial charge in [0, 0.05) is 38.5 Å². The van der Waals surface area contributed by atoms with Gasteiger partial charge in [-0.25, -0.2) is 4.39 Å². The minimum Gasteiger partial charge on any atom is -0.346 e. The SMILES string of the molecule is CN1CC[C@@H](C(=O)N2CCC[C@H]2Cc2ccc(F)cc2)CC1=O. The summed E-state index contributed by atoms with van der Waals surface area (Å²) >= 11 is 0. The molecule has 0 aliphatic carbocycles. The summed E-state index contributed by atoms with van der Waals surface area (Å²) in [6.45, 7) is 1.43. The number of halogens is 1. The van der Waals surface area contributed by atoms with Gasteiger partial charge in [0.25, 0.3) is 0 Å². The molecule has 2 saturated heterocycles. The number of hydrogen-bond acceptors (Lipinski definition) is 2. The van der Waals surface area contributed by atoms with E-state index in [0.717, 1.165) is 37.8 Å². The molecule has 0 aromatic heterocycles. The number of carbonyl (C=O) groups is 2. The summed E-state index contributed by atoms with van der Waals surface area (Å²) < 4.78 is 13.0. The minimum atomic E-state index is -0.238. The normalized spacial score (nSPS) is 25.0. The first kappa shape index (κ1) is 16.0. The Labute approximate surface area is 136 Å². The molecule has 23 heavy (non-hydrogen) atoms. The summed E-state index contributed by atoms with van der Waals surface area (Å²) in [5.41, 5.74) is 1.05. The molecule has 4 nitrogen and oxygen atoms in total. The van der Waals surface area contributed by atoms with E-state index in [0.29, 0.717) is 13.0 Å². The molecule has 0 unspecified atom stereocenters. The van der Waals surface area contributed by atoms with Gasteiger partial charge in [-0.15, -0.1) is 0 Å². The summed E-state index contributed by atoms with van der Waals surface area (Å²) in [6, 6.07) is 6.67. The van der Waals surface area contributed by atoms with E-state index < -0.39 is 0 Å². The zero-order chi connectivity index (χ0) is 16.4. The number of nitrogens with zero attached hydrogens (tertiary/aromatic N) is 2. The Morgan fingerprint density at radius 2 is 1.96 bits per heavy atom. The van der Waals surface area contributed by atoms with Crippen LogP contribution in [-0.4, -0.2) is 47.8 Å². The first-order valence-corrected chi connectivity index (χ1v) is 8.33. The van der Waals surface area contributed by atoms with Crippen molar-refractivity contribution in [3.05, 3.63) is 35.6 Å². The van der Waals surface area contributed by atoms with Crippen molar-refractivity contribution in [1.29, 1.82) is 0 Å². The van der Waals surface area contributed by atoms with Gasteiger partial charge in [0.15, 0.2) is 0 Å². The first-order chi connectivity index (χ1) is 11.0. The van der Waals surface area contributed by atoms with Gasteiger partial charge < -0.3 is 9.80 Å². The molecule has 0 radical (unpaired) electrons. The van der Waals surface area contributed by atoms with Gasteiger partial charge in [-0.3, -0.25) is 9.59 Å². The highest BCUT2D eigenvalue weighted by atomic mass is 19.1. The first-order valence-electron chi connectivity index (χ1n) is 8.33. The maximum absolute atomic E-state index is 13.0. The second kappa shape index (κ2) is 6.69. The van der Waals surface area contributed by atoms with Crippen LogP contribution in [0.3, 0.4) is 0 Å². The van der Waals surface area contributed by atoms with Crippen LogP contribution in [0.1, 0.15) is 31.2 Å². The smallest absolute Gasteiger partial charge is 0.226 e. The van der Waals surface area contributed by atoms with E-state index in [1.807, 2.05) is 4.90 Å². The van der Waals surface area contributed by atoms with Crippen molar-refractivity contribution in [3.63, 3.8) is 0 Å². The molecule has 1 aromatic rings. The molecule has 0 spiro atoms. The summed E-state index contributed by atoms with van der Waals surface area (Å²) in [4.78, 5) is 28.3. The molecule has 124 valence electrons. The van der Waals surface area contributed by atoms with Crippen molar-refractivity contribution in [2.75, 3.05) is 20.1 Å². The van der Waals surface area contributed by atoms with Gasteiger partial charge in [0.1, 0.15) is 5.82 Å². The van der Waals surface area contributed by atoms with E-state index in [-0.39, 0.29) is 29.6 Å². The third-order valence-electron chi connectivity index (χ3n) is 5.05. The average molecular weight is 318 g/mol. The van der Waals surface area contributed by atoms with Crippen LogP contribution in [-0.2, 0) is 16.0 Å². The van der Waals surface area contributed by atoms with Gasteiger partial charge in [-0.05, 0) is 43.4 Å². The number of rotatable bonds is 3. The van der Waals surface area contributed by atoms with E-state index in [9.17, 15) is 14.0 Å². The molecule has 2 heterocycles. The second-order valence-electron chi connectivity index (χ2n) is 6.66. The van der Waals surface area contributed by atoms with E-state index >= 15 is 0 Å². The molecule has 1 aromatic carbocycles. The van der Waals surface area contributed by atoms with Crippen molar-refractivity contribution in [1.82, 2.24) is 9.80 Å². The van der Waals surface area contributed by atoms with E-state index in [2.05, 4.69) is 0 Å². The van der Waals surface area contributed by atoms with Gasteiger partial charge in [-0.1, -0.05) is 12.1 Å². The maximum atomic E-state index is 13.0. The molecule has 0 bridgehead atoms. The van der Waals surface area contributed by atoms with Crippen molar-refractivity contribution >= 4 is 11.8 Å². The molecule has 2 fully saturated rings. The fraction of sp³-hybridized carbons (Fsp3) is 0.556. The van der Waals surface area contributed by atoms with Gasteiger partial charge in [0.2, 0.25) is 11.8 Å². The van der Waals surface area contributed by atoms with Crippen LogP contribution in [0.2, 0.25) is 0 Å². The molecule has 2 aliphatic rings. The van der Waals surface area contributed by atoms with Crippen molar-refractivity contribution in [3.8, 4) is 0 Å². The summed E-state index contributed by atoms with van der Waals surface area (Å²) in [5.74, 6) is -0.231. The highest BCUT2D eigenvalue weighted by molar-refractivity contribution is 5.87. The lowest BCUT2D eigenvalue weighted by Gasteiger charge is -2.33. The Balaban J connectivity index is 1.65. The number of hydrogen-bond donors (Lipinski definition) is 0. The summed E-state index contributed by atoms with van der Waals surface area (Å²) in [5, 5.41) is 0. The van der Waals surface area contributed by atoms with Crippen molar-refractivity contribution in [2.24, 2.45) is 5.92 Å². The average Bonchev–Trinajstić information content (AvgIpc) is 2.99. The third kappa shape index (κ3) is 3.54. The number of piperidine rings is 1. The van der Waals surface area contributed by atoms with Crippen LogP contribution in [0.5, 0.6) is 0 Å². The summed E-state index contributed by atoms with van der Waals surface area (Å²) in [6.07, 6.45) is 3.81. The topological polar surface area (TPSA) is 40.6 Å². The number of likely N-dealkylation sites (tertiary alicyclic amines) is 2. The fourth-order valence-electron chi connectivity index (χ4n) is 3.62. The van der Waals surface area contributed by atoms with Crippen LogP contribution in [0.15, 0.2) is 24.3 Å². The highest BCUT2D eigenvalue weighted by Gasteiger charge is 2.36. The van der Waals surface area contributed by atoms with Gasteiger partial charge in [-0.2, -0.15) is 0 Å². The third-order valence-corrected chi connectivity index (χ3v) is 5.05. The second-order valence-corrected chi connectivity index (χ2v) is 6.66. The fourth-order valence-corrected chi connectivity index (χ4v) is 3.62. The zero-order valence-electron chi connectivity index (χ0n) is 13.5. The molecule has 0 N–H and O–H groups in total. The predicted molar refractivity (Wildman–Crippen MR) is 85.2 cm³/mol. The molecule has 3 rings (SSSR count). The molecule has 2 aliphatic heterocycles. The molecule has 5 heteroatoms. The Morgan fingerprint density at radius 3 is 2.65 bits per heavy atom. The van der Waals surface area contributed by atoms with Crippen LogP contribution >= 0.6 is 0 Å². The Hall–Kier alpha value is -1.91. The maximum Gasteiger partial charge on any atom is 0.226 e. The predicted octanol–water partition coefficient (Wildman–Crippen LogP) is 2.23. The summed E-state index contributed by atoms with van der Waals surface area (Å²) in [7, 11) is 1.79. The highest BCUT2D eigenvalue weighted by Crippen LogP contribution is 2.27. The monoisotopic (exact) mass is 318 g/mol. The Morgan fingerprint density at radius 1 is 1.22 bits per heavy atom. The molecular formula is C18H23FN2O2. The lowest BCUT2D eigenvalue weighted by Crippen LogP contribution is -2.45.